The quantitative estimate of drug-likeness (QED) is 0.376. The molecule has 0 saturated heterocycles. The Balaban J connectivity index is 1.63. The van der Waals surface area contributed by atoms with E-state index in [0.29, 0.717) is 6.54 Å². The summed E-state index contributed by atoms with van der Waals surface area (Å²) in [6.45, 7) is 0.562. The monoisotopic (exact) mass is 472 g/mol. The molecule has 1 unspecified atom stereocenters. The molecule has 0 bridgehead atoms. The molecule has 1 amide bonds. The van der Waals surface area contributed by atoms with Crippen LogP contribution in [0.25, 0.3) is 10.9 Å². The fraction of sp³-hybridized carbons (Fsp3) is 0.0952. The first-order valence-electron chi connectivity index (χ1n) is 8.36. The van der Waals surface area contributed by atoms with Gasteiger partial charge in [0.2, 0.25) is 0 Å². The molecule has 2 heterocycles. The van der Waals surface area contributed by atoms with Crippen molar-refractivity contribution in [1.29, 1.82) is 0 Å². The zero-order valence-corrected chi connectivity index (χ0v) is 16.9. The van der Waals surface area contributed by atoms with E-state index in [1.807, 2.05) is 30.3 Å². The van der Waals surface area contributed by atoms with Crippen LogP contribution in [0.4, 0.5) is 0 Å². The second kappa shape index (κ2) is 7.63. The Labute approximate surface area is 169 Å². The van der Waals surface area contributed by atoms with Crippen molar-refractivity contribution >= 4 is 50.7 Å². The van der Waals surface area contributed by atoms with E-state index in [4.69, 9.17) is 0 Å². The van der Waals surface area contributed by atoms with E-state index >= 15 is 0 Å². The van der Waals surface area contributed by atoms with Crippen molar-refractivity contribution < 1.29 is 4.79 Å². The standard InChI is InChI=1S/C21H17IN2OS/c22-18-8-3-1-7-15(18)21(25)24-13-17(20-10-5-11-26-20)16-12-23-19-9-4-2-6-14(16)19/h1-12,17,23H,13H2,(H,24,25). The molecule has 2 aromatic carbocycles. The summed E-state index contributed by atoms with van der Waals surface area (Å²) < 4.78 is 0.961. The number of hydrogen-bond donors (Lipinski definition) is 2. The van der Waals surface area contributed by atoms with Crippen molar-refractivity contribution in [3.63, 3.8) is 0 Å². The molecule has 0 radical (unpaired) electrons. The molecule has 3 nitrogen and oxygen atoms in total. The molecule has 4 rings (SSSR count). The molecular formula is C21H17IN2OS. The minimum absolute atomic E-state index is 0.0311. The zero-order chi connectivity index (χ0) is 17.9. The fourth-order valence-electron chi connectivity index (χ4n) is 3.17. The Hall–Kier alpha value is -2.12. The van der Waals surface area contributed by atoms with E-state index in [-0.39, 0.29) is 11.8 Å². The number of amides is 1. The third-order valence-electron chi connectivity index (χ3n) is 4.47. The van der Waals surface area contributed by atoms with E-state index in [1.165, 1.54) is 15.8 Å². The number of aromatic amines is 1. The van der Waals surface area contributed by atoms with Gasteiger partial charge in [0.15, 0.2) is 0 Å². The van der Waals surface area contributed by atoms with E-state index in [9.17, 15) is 4.79 Å². The number of H-pyrrole nitrogens is 1. The Kier molecular flexibility index (Phi) is 5.08. The maximum absolute atomic E-state index is 12.7. The van der Waals surface area contributed by atoms with E-state index < -0.39 is 0 Å². The molecule has 0 aliphatic heterocycles. The third kappa shape index (κ3) is 3.41. The number of carbonyl (C=O) groups is 1. The van der Waals surface area contributed by atoms with Crippen molar-refractivity contribution in [3.8, 4) is 0 Å². The summed E-state index contributed by atoms with van der Waals surface area (Å²) in [4.78, 5) is 17.3. The summed E-state index contributed by atoms with van der Waals surface area (Å²) in [7, 11) is 0. The highest BCUT2D eigenvalue weighted by molar-refractivity contribution is 14.1. The Bertz CT molecular complexity index is 1040. The SMILES string of the molecule is O=C(NCC(c1cccs1)c1c[nH]c2ccccc12)c1ccccc1I. The van der Waals surface area contributed by atoms with Gasteiger partial charge in [0.25, 0.3) is 5.91 Å². The van der Waals surface area contributed by atoms with Crippen molar-refractivity contribution in [1.82, 2.24) is 10.3 Å². The molecule has 0 spiro atoms. The first kappa shape index (κ1) is 17.3. The number of hydrogen-bond acceptors (Lipinski definition) is 2. The van der Waals surface area contributed by atoms with Crippen LogP contribution in [-0.4, -0.2) is 17.4 Å². The van der Waals surface area contributed by atoms with Gasteiger partial charge in [-0.1, -0.05) is 36.4 Å². The third-order valence-corrected chi connectivity index (χ3v) is 6.40. The molecule has 5 heteroatoms. The second-order valence-corrected chi connectivity index (χ2v) is 8.19. The molecule has 4 aromatic rings. The van der Waals surface area contributed by atoms with Gasteiger partial charge in [-0.3, -0.25) is 4.79 Å². The number of carbonyl (C=O) groups excluding carboxylic acids is 1. The number of thiophene rings is 1. The van der Waals surface area contributed by atoms with Gasteiger partial charge in [-0.05, 0) is 57.8 Å². The number of nitrogens with one attached hydrogen (secondary N) is 2. The summed E-state index contributed by atoms with van der Waals surface area (Å²) in [5.74, 6) is 0.0906. The summed E-state index contributed by atoms with van der Waals surface area (Å²) in [6, 6.07) is 20.1. The molecule has 130 valence electrons. The number of fused-ring (bicyclic) bond motifs is 1. The number of rotatable bonds is 5. The first-order chi connectivity index (χ1) is 12.7. The van der Waals surface area contributed by atoms with Crippen LogP contribution in [0.3, 0.4) is 0 Å². The number of para-hydroxylation sites is 1. The maximum Gasteiger partial charge on any atom is 0.252 e. The van der Waals surface area contributed by atoms with Crippen LogP contribution in [0.2, 0.25) is 0 Å². The van der Waals surface area contributed by atoms with E-state index in [2.05, 4.69) is 74.8 Å². The topological polar surface area (TPSA) is 44.9 Å². The summed E-state index contributed by atoms with van der Waals surface area (Å²) in [5.41, 5.74) is 3.05. The van der Waals surface area contributed by atoms with Crippen molar-refractivity contribution in [2.24, 2.45) is 0 Å². The summed E-state index contributed by atoms with van der Waals surface area (Å²) >= 11 is 3.92. The van der Waals surface area contributed by atoms with Gasteiger partial charge in [0.1, 0.15) is 0 Å². The van der Waals surface area contributed by atoms with Crippen LogP contribution in [0.1, 0.15) is 26.7 Å². The van der Waals surface area contributed by atoms with E-state index in [0.717, 1.165) is 14.7 Å². The van der Waals surface area contributed by atoms with Gasteiger partial charge in [-0.2, -0.15) is 0 Å². The molecule has 26 heavy (non-hydrogen) atoms. The van der Waals surface area contributed by atoms with Crippen molar-refractivity contribution in [2.75, 3.05) is 6.54 Å². The van der Waals surface area contributed by atoms with Crippen molar-refractivity contribution in [3.05, 3.63) is 91.8 Å². The molecule has 0 saturated carbocycles. The highest BCUT2D eigenvalue weighted by atomic mass is 127. The predicted molar refractivity (Wildman–Crippen MR) is 116 cm³/mol. The van der Waals surface area contributed by atoms with E-state index in [1.54, 1.807) is 11.3 Å². The van der Waals surface area contributed by atoms with Crippen LogP contribution in [0, 0.1) is 3.57 Å². The highest BCUT2D eigenvalue weighted by Crippen LogP contribution is 2.32. The number of benzene rings is 2. The fourth-order valence-corrected chi connectivity index (χ4v) is 4.65. The lowest BCUT2D eigenvalue weighted by Gasteiger charge is -2.16. The van der Waals surface area contributed by atoms with Gasteiger partial charge >= 0.3 is 0 Å². The van der Waals surface area contributed by atoms with Crippen LogP contribution in [0.15, 0.2) is 72.2 Å². The lowest BCUT2D eigenvalue weighted by Crippen LogP contribution is -2.29. The van der Waals surface area contributed by atoms with Gasteiger partial charge < -0.3 is 10.3 Å². The normalized spacial score (nSPS) is 12.2. The lowest BCUT2D eigenvalue weighted by atomic mass is 9.96. The smallest absolute Gasteiger partial charge is 0.252 e. The van der Waals surface area contributed by atoms with Crippen LogP contribution in [0.5, 0.6) is 0 Å². The van der Waals surface area contributed by atoms with Gasteiger partial charge in [0.05, 0.1) is 5.56 Å². The average Bonchev–Trinajstić information content (AvgIpc) is 3.33. The van der Waals surface area contributed by atoms with Gasteiger partial charge in [-0.25, -0.2) is 0 Å². The van der Waals surface area contributed by atoms with Crippen LogP contribution in [-0.2, 0) is 0 Å². The Morgan fingerprint density at radius 1 is 1.08 bits per heavy atom. The molecule has 1 atom stereocenters. The highest BCUT2D eigenvalue weighted by Gasteiger charge is 2.20. The molecule has 2 N–H and O–H groups in total. The minimum Gasteiger partial charge on any atom is -0.361 e. The largest absolute Gasteiger partial charge is 0.361 e. The maximum atomic E-state index is 12.7. The Morgan fingerprint density at radius 3 is 2.69 bits per heavy atom. The summed E-state index contributed by atoms with van der Waals surface area (Å²) in [5, 5.41) is 6.42. The molecule has 0 fully saturated rings. The van der Waals surface area contributed by atoms with Crippen LogP contribution < -0.4 is 5.32 Å². The number of halogens is 1. The van der Waals surface area contributed by atoms with Crippen LogP contribution >= 0.6 is 33.9 Å². The first-order valence-corrected chi connectivity index (χ1v) is 10.3. The zero-order valence-electron chi connectivity index (χ0n) is 13.9. The number of aromatic nitrogens is 1. The lowest BCUT2D eigenvalue weighted by molar-refractivity contribution is 0.0951. The van der Waals surface area contributed by atoms with Gasteiger partial charge in [0, 0.05) is 38.0 Å². The second-order valence-electron chi connectivity index (χ2n) is 6.05. The van der Waals surface area contributed by atoms with Crippen molar-refractivity contribution in [2.45, 2.75) is 5.92 Å². The molecule has 2 aromatic heterocycles. The average molecular weight is 472 g/mol. The molecule has 0 aliphatic rings. The predicted octanol–water partition coefficient (Wildman–Crippen LogP) is 5.40. The molecular weight excluding hydrogens is 455 g/mol. The summed E-state index contributed by atoms with van der Waals surface area (Å²) in [6.07, 6.45) is 2.06. The Morgan fingerprint density at radius 2 is 1.88 bits per heavy atom. The minimum atomic E-state index is -0.0311. The molecule has 0 aliphatic carbocycles. The van der Waals surface area contributed by atoms with Gasteiger partial charge in [-0.15, -0.1) is 11.3 Å².